The molecule has 1 fully saturated rings. The number of nitrogens with two attached hydrogens (primary N) is 1. The molecule has 2 rings (SSSR count). The third-order valence-corrected chi connectivity index (χ3v) is 2.35. The van der Waals surface area contributed by atoms with Crippen LogP contribution in [0.4, 0.5) is 0 Å². The second-order valence-electron chi connectivity index (χ2n) is 3.39. The molecule has 12 heavy (non-hydrogen) atoms. The number of hydrogen-bond donors (Lipinski definition) is 2. The Bertz CT molecular complexity index is 272. The molecule has 66 valence electrons. The summed E-state index contributed by atoms with van der Waals surface area (Å²) in [7, 11) is 0. The molecule has 0 aromatic carbocycles. The summed E-state index contributed by atoms with van der Waals surface area (Å²) in [6.45, 7) is 3.97. The minimum absolute atomic E-state index is 0.0335. The average molecular weight is 167 g/mol. The molecular formula is C8H13N3O. The molecule has 3 N–H and O–H groups in total. The fourth-order valence-electron chi connectivity index (χ4n) is 1.38. The molecule has 0 unspecified atom stereocenters. The molecule has 1 aromatic heterocycles. The van der Waals surface area contributed by atoms with E-state index in [1.807, 2.05) is 13.1 Å². The van der Waals surface area contributed by atoms with Crippen molar-refractivity contribution in [3.63, 3.8) is 0 Å². The fraction of sp³-hybridized carbons (Fsp3) is 0.625. The van der Waals surface area contributed by atoms with Crippen molar-refractivity contribution in [2.75, 3.05) is 19.8 Å². The van der Waals surface area contributed by atoms with Crippen LogP contribution in [-0.4, -0.2) is 29.7 Å². The van der Waals surface area contributed by atoms with E-state index >= 15 is 0 Å². The van der Waals surface area contributed by atoms with Crippen LogP contribution in [0.2, 0.25) is 0 Å². The Morgan fingerprint density at radius 1 is 1.75 bits per heavy atom. The van der Waals surface area contributed by atoms with Gasteiger partial charge in [-0.1, -0.05) is 0 Å². The Balaban J connectivity index is 2.27. The van der Waals surface area contributed by atoms with Crippen molar-refractivity contribution in [2.45, 2.75) is 12.3 Å². The number of ether oxygens (including phenoxy) is 1. The Morgan fingerprint density at radius 2 is 2.50 bits per heavy atom. The van der Waals surface area contributed by atoms with E-state index in [4.69, 9.17) is 10.5 Å². The van der Waals surface area contributed by atoms with E-state index in [9.17, 15) is 0 Å². The molecule has 0 saturated carbocycles. The fourth-order valence-corrected chi connectivity index (χ4v) is 1.38. The zero-order valence-corrected chi connectivity index (χ0v) is 7.13. The lowest BCUT2D eigenvalue weighted by atomic mass is 9.85. The van der Waals surface area contributed by atoms with Crippen LogP contribution in [-0.2, 0) is 10.2 Å². The molecule has 2 heterocycles. The zero-order chi connectivity index (χ0) is 8.60. The SMILES string of the molecule is Cc1cnc(C2(CN)COC2)[nH]1. The number of nitrogens with one attached hydrogen (secondary N) is 1. The van der Waals surface area contributed by atoms with E-state index in [1.54, 1.807) is 0 Å². The minimum Gasteiger partial charge on any atom is -0.379 e. The lowest BCUT2D eigenvalue weighted by molar-refractivity contribution is -0.0590. The molecule has 1 aromatic rings. The molecule has 0 bridgehead atoms. The first-order valence-electron chi connectivity index (χ1n) is 4.07. The van der Waals surface area contributed by atoms with Crippen LogP contribution in [0.15, 0.2) is 6.20 Å². The topological polar surface area (TPSA) is 63.9 Å². The lowest BCUT2D eigenvalue weighted by Crippen LogP contribution is -2.52. The highest BCUT2D eigenvalue weighted by molar-refractivity contribution is 5.16. The van der Waals surface area contributed by atoms with Crippen molar-refractivity contribution < 1.29 is 4.74 Å². The average Bonchev–Trinajstić information content (AvgIpc) is 2.35. The smallest absolute Gasteiger partial charge is 0.118 e. The maximum absolute atomic E-state index is 5.67. The predicted octanol–water partition coefficient (Wildman–Crippen LogP) is -0.0552. The molecule has 4 nitrogen and oxygen atoms in total. The molecule has 0 spiro atoms. The van der Waals surface area contributed by atoms with Crippen molar-refractivity contribution in [2.24, 2.45) is 5.73 Å². The van der Waals surface area contributed by atoms with Crippen molar-refractivity contribution in [3.05, 3.63) is 17.7 Å². The number of aryl methyl sites for hydroxylation is 1. The second kappa shape index (κ2) is 2.57. The number of hydrogen-bond acceptors (Lipinski definition) is 3. The Kier molecular flexibility index (Phi) is 1.66. The van der Waals surface area contributed by atoms with Gasteiger partial charge in [-0.25, -0.2) is 4.98 Å². The molecule has 0 radical (unpaired) electrons. The number of imidazole rings is 1. The van der Waals surface area contributed by atoms with Crippen molar-refractivity contribution in [1.29, 1.82) is 0 Å². The third-order valence-electron chi connectivity index (χ3n) is 2.35. The highest BCUT2D eigenvalue weighted by Crippen LogP contribution is 2.28. The molecule has 1 saturated heterocycles. The Morgan fingerprint density at radius 3 is 2.83 bits per heavy atom. The van der Waals surface area contributed by atoms with E-state index in [1.165, 1.54) is 0 Å². The minimum atomic E-state index is -0.0335. The first-order chi connectivity index (χ1) is 5.77. The van der Waals surface area contributed by atoms with Crippen LogP contribution < -0.4 is 5.73 Å². The van der Waals surface area contributed by atoms with Gasteiger partial charge in [0.25, 0.3) is 0 Å². The summed E-state index contributed by atoms with van der Waals surface area (Å²) < 4.78 is 5.15. The number of aromatic amines is 1. The first-order valence-corrected chi connectivity index (χ1v) is 4.07. The Labute approximate surface area is 71.1 Å². The predicted molar refractivity (Wildman–Crippen MR) is 44.9 cm³/mol. The molecular weight excluding hydrogens is 154 g/mol. The van der Waals surface area contributed by atoms with Gasteiger partial charge in [-0.05, 0) is 6.92 Å². The summed E-state index contributed by atoms with van der Waals surface area (Å²) in [4.78, 5) is 7.46. The van der Waals surface area contributed by atoms with Crippen LogP contribution in [0.5, 0.6) is 0 Å². The van der Waals surface area contributed by atoms with E-state index in [2.05, 4.69) is 9.97 Å². The highest BCUT2D eigenvalue weighted by Gasteiger charge is 2.41. The highest BCUT2D eigenvalue weighted by atomic mass is 16.5. The normalized spacial score (nSPS) is 20.5. The maximum atomic E-state index is 5.67. The van der Waals surface area contributed by atoms with Gasteiger partial charge in [0, 0.05) is 18.4 Å². The number of rotatable bonds is 2. The largest absolute Gasteiger partial charge is 0.379 e. The molecule has 0 amide bonds. The number of aromatic nitrogens is 2. The Hall–Kier alpha value is -0.870. The summed E-state index contributed by atoms with van der Waals surface area (Å²) in [5.41, 5.74) is 6.71. The third kappa shape index (κ3) is 0.956. The van der Waals surface area contributed by atoms with Crippen LogP contribution in [0, 0.1) is 6.92 Å². The van der Waals surface area contributed by atoms with Crippen LogP contribution in [0.1, 0.15) is 11.5 Å². The summed E-state index contributed by atoms with van der Waals surface area (Å²) in [5, 5.41) is 0. The molecule has 0 atom stereocenters. The van der Waals surface area contributed by atoms with Crippen molar-refractivity contribution in [1.82, 2.24) is 9.97 Å². The van der Waals surface area contributed by atoms with E-state index in [-0.39, 0.29) is 5.41 Å². The van der Waals surface area contributed by atoms with Gasteiger partial charge in [0.15, 0.2) is 0 Å². The maximum Gasteiger partial charge on any atom is 0.118 e. The summed E-state index contributed by atoms with van der Waals surface area (Å²) in [6.07, 6.45) is 1.82. The van der Waals surface area contributed by atoms with Gasteiger partial charge in [-0.3, -0.25) is 0 Å². The molecule has 0 aliphatic carbocycles. The van der Waals surface area contributed by atoms with Crippen LogP contribution >= 0.6 is 0 Å². The molecule has 1 aliphatic heterocycles. The van der Waals surface area contributed by atoms with Gasteiger partial charge in [-0.2, -0.15) is 0 Å². The van der Waals surface area contributed by atoms with Crippen molar-refractivity contribution >= 4 is 0 Å². The van der Waals surface area contributed by atoms with Gasteiger partial charge in [0.1, 0.15) is 5.82 Å². The number of nitrogens with zero attached hydrogens (tertiary/aromatic N) is 1. The van der Waals surface area contributed by atoms with Gasteiger partial charge in [0.05, 0.1) is 18.6 Å². The first kappa shape index (κ1) is 7.76. The summed E-state index contributed by atoms with van der Waals surface area (Å²) in [6, 6.07) is 0. The summed E-state index contributed by atoms with van der Waals surface area (Å²) >= 11 is 0. The van der Waals surface area contributed by atoms with Crippen LogP contribution in [0.3, 0.4) is 0 Å². The van der Waals surface area contributed by atoms with Gasteiger partial charge >= 0.3 is 0 Å². The second-order valence-corrected chi connectivity index (χ2v) is 3.39. The molecule has 1 aliphatic rings. The molecule has 4 heteroatoms. The van der Waals surface area contributed by atoms with Crippen molar-refractivity contribution in [3.8, 4) is 0 Å². The number of H-pyrrole nitrogens is 1. The quantitative estimate of drug-likeness (QED) is 0.648. The van der Waals surface area contributed by atoms with E-state index in [0.29, 0.717) is 19.8 Å². The summed E-state index contributed by atoms with van der Waals surface area (Å²) in [5.74, 6) is 0.966. The standard InChI is InChI=1S/C8H13N3O/c1-6-2-10-7(11-6)8(3-9)4-12-5-8/h2H,3-5,9H2,1H3,(H,10,11). The lowest BCUT2D eigenvalue weighted by Gasteiger charge is -2.38. The van der Waals surface area contributed by atoms with E-state index in [0.717, 1.165) is 11.5 Å². The van der Waals surface area contributed by atoms with Gasteiger partial charge in [0.2, 0.25) is 0 Å². The van der Waals surface area contributed by atoms with Gasteiger partial charge < -0.3 is 15.5 Å². The van der Waals surface area contributed by atoms with Crippen LogP contribution in [0.25, 0.3) is 0 Å². The zero-order valence-electron chi connectivity index (χ0n) is 7.13. The monoisotopic (exact) mass is 167 g/mol. The van der Waals surface area contributed by atoms with E-state index < -0.39 is 0 Å². The van der Waals surface area contributed by atoms with Gasteiger partial charge in [-0.15, -0.1) is 0 Å².